The van der Waals surface area contributed by atoms with Crippen LogP contribution in [0.5, 0.6) is 0 Å². The molecule has 0 saturated carbocycles. The quantitative estimate of drug-likeness (QED) is 0.709. The Hall–Kier alpha value is -3.37. The van der Waals surface area contributed by atoms with Gasteiger partial charge in [0.15, 0.2) is 5.65 Å². The Balaban J connectivity index is 1.47. The van der Waals surface area contributed by atoms with Gasteiger partial charge < -0.3 is 15.1 Å². The van der Waals surface area contributed by atoms with Gasteiger partial charge in [-0.25, -0.2) is 4.79 Å². The van der Waals surface area contributed by atoms with Gasteiger partial charge in [-0.1, -0.05) is 18.2 Å². The van der Waals surface area contributed by atoms with Crippen molar-refractivity contribution in [1.82, 2.24) is 24.7 Å². The Morgan fingerprint density at radius 1 is 0.966 bits per heavy atom. The number of nitrogens with one attached hydrogen (secondary N) is 1. The van der Waals surface area contributed by atoms with Crippen LogP contribution in [0.3, 0.4) is 0 Å². The van der Waals surface area contributed by atoms with Gasteiger partial charge in [-0.05, 0) is 30.7 Å². The summed E-state index contributed by atoms with van der Waals surface area (Å²) in [5, 5.41) is 13.6. The fraction of sp³-hybridized carbons (Fsp3) is 0.333. The summed E-state index contributed by atoms with van der Waals surface area (Å²) < 4.78 is 40.0. The molecule has 2 aromatic heterocycles. The molecule has 29 heavy (non-hydrogen) atoms. The normalized spacial score (nSPS) is 15.4. The predicted molar refractivity (Wildman–Crippen MR) is 99.6 cm³/mol. The minimum atomic E-state index is -4.64. The van der Waals surface area contributed by atoms with Gasteiger partial charge in [0.25, 0.3) is 5.82 Å². The van der Waals surface area contributed by atoms with Crippen molar-refractivity contribution in [3.63, 3.8) is 0 Å². The van der Waals surface area contributed by atoms with Gasteiger partial charge in [-0.2, -0.15) is 17.7 Å². The smallest absolute Gasteiger partial charge is 0.353 e. The molecule has 1 aliphatic rings. The second-order valence-electron chi connectivity index (χ2n) is 6.61. The number of urea groups is 1. The fourth-order valence-corrected chi connectivity index (χ4v) is 3.20. The lowest BCUT2D eigenvalue weighted by Crippen LogP contribution is -2.38. The van der Waals surface area contributed by atoms with Crippen molar-refractivity contribution in [2.45, 2.75) is 12.6 Å². The Labute approximate surface area is 163 Å². The number of halogens is 3. The Morgan fingerprint density at radius 3 is 2.52 bits per heavy atom. The summed E-state index contributed by atoms with van der Waals surface area (Å²) in [6, 6.07) is 12.0. The van der Waals surface area contributed by atoms with E-state index in [1.165, 1.54) is 6.07 Å². The van der Waals surface area contributed by atoms with E-state index in [1.807, 2.05) is 23.1 Å². The molecule has 1 aromatic carbocycles. The first-order chi connectivity index (χ1) is 13.9. The number of anilines is 2. The lowest BCUT2D eigenvalue weighted by molar-refractivity contribution is -0.146. The standard InChI is InChI=1S/C18H18F3N7O/c19-18(20,21)16-24-23-14-7-8-15(25-28(14)16)26-9-4-10-27(12-11-26)17(29)22-13-5-2-1-3-6-13/h1-3,5-8H,4,9-12H2,(H,22,29). The van der Waals surface area contributed by atoms with Crippen molar-refractivity contribution in [3.8, 4) is 0 Å². The molecule has 3 heterocycles. The molecule has 1 N–H and O–H groups in total. The molecular weight excluding hydrogens is 387 g/mol. The van der Waals surface area contributed by atoms with Crippen LogP contribution in [0.2, 0.25) is 0 Å². The first-order valence-electron chi connectivity index (χ1n) is 9.07. The predicted octanol–water partition coefficient (Wildman–Crippen LogP) is 2.89. The van der Waals surface area contributed by atoms with Crippen molar-refractivity contribution in [1.29, 1.82) is 0 Å². The number of fused-ring (bicyclic) bond motifs is 1. The second kappa shape index (κ2) is 7.57. The maximum atomic E-state index is 13.1. The largest absolute Gasteiger partial charge is 0.453 e. The fourth-order valence-electron chi connectivity index (χ4n) is 3.20. The van der Waals surface area contributed by atoms with Crippen LogP contribution in [0, 0.1) is 0 Å². The molecular formula is C18H18F3N7O. The Morgan fingerprint density at radius 2 is 1.76 bits per heavy atom. The molecule has 1 saturated heterocycles. The highest BCUT2D eigenvalue weighted by Crippen LogP contribution is 2.28. The van der Waals surface area contributed by atoms with Gasteiger partial charge >= 0.3 is 12.2 Å². The van der Waals surface area contributed by atoms with Crippen molar-refractivity contribution >= 4 is 23.2 Å². The number of amides is 2. The van der Waals surface area contributed by atoms with E-state index in [9.17, 15) is 18.0 Å². The highest BCUT2D eigenvalue weighted by molar-refractivity contribution is 5.89. The number of aromatic nitrogens is 4. The van der Waals surface area contributed by atoms with E-state index < -0.39 is 12.0 Å². The molecule has 0 aliphatic carbocycles. The molecule has 8 nitrogen and oxygen atoms in total. The van der Waals surface area contributed by atoms with E-state index in [-0.39, 0.29) is 11.7 Å². The summed E-state index contributed by atoms with van der Waals surface area (Å²) in [6.45, 7) is 1.98. The van der Waals surface area contributed by atoms with E-state index in [0.29, 0.717) is 48.6 Å². The molecule has 0 spiro atoms. The van der Waals surface area contributed by atoms with E-state index >= 15 is 0 Å². The number of benzene rings is 1. The highest BCUT2D eigenvalue weighted by atomic mass is 19.4. The van der Waals surface area contributed by atoms with E-state index in [1.54, 1.807) is 23.1 Å². The first kappa shape index (κ1) is 19.0. The lowest BCUT2D eigenvalue weighted by atomic mass is 10.3. The number of alkyl halides is 3. The summed E-state index contributed by atoms with van der Waals surface area (Å²) in [6.07, 6.45) is -3.98. The number of carbonyl (C=O) groups excluding carboxylic acids is 1. The van der Waals surface area contributed by atoms with E-state index in [0.717, 1.165) is 0 Å². The summed E-state index contributed by atoms with van der Waals surface area (Å²) in [5.41, 5.74) is 0.734. The monoisotopic (exact) mass is 405 g/mol. The summed E-state index contributed by atoms with van der Waals surface area (Å²) in [7, 11) is 0. The van der Waals surface area contributed by atoms with Gasteiger partial charge in [0.2, 0.25) is 0 Å². The highest BCUT2D eigenvalue weighted by Gasteiger charge is 2.37. The number of hydrogen-bond donors (Lipinski definition) is 1. The minimum Gasteiger partial charge on any atom is -0.353 e. The molecule has 0 atom stereocenters. The number of rotatable bonds is 2. The minimum absolute atomic E-state index is 0.0276. The molecule has 0 bridgehead atoms. The lowest BCUT2D eigenvalue weighted by Gasteiger charge is -2.23. The third-order valence-corrected chi connectivity index (χ3v) is 4.63. The number of hydrogen-bond acceptors (Lipinski definition) is 5. The molecule has 1 fully saturated rings. The van der Waals surface area contributed by atoms with Crippen LogP contribution < -0.4 is 10.2 Å². The molecule has 4 rings (SSSR count). The average molecular weight is 405 g/mol. The van der Waals surface area contributed by atoms with Crippen LogP contribution in [0.15, 0.2) is 42.5 Å². The van der Waals surface area contributed by atoms with Gasteiger partial charge in [-0.15, -0.1) is 15.3 Å². The molecule has 0 unspecified atom stereocenters. The van der Waals surface area contributed by atoms with Crippen molar-refractivity contribution in [3.05, 3.63) is 48.3 Å². The topological polar surface area (TPSA) is 78.7 Å². The van der Waals surface area contributed by atoms with Crippen LogP contribution in [0.4, 0.5) is 29.5 Å². The average Bonchev–Trinajstić information content (AvgIpc) is 2.97. The molecule has 0 radical (unpaired) electrons. The zero-order valence-electron chi connectivity index (χ0n) is 15.3. The zero-order valence-corrected chi connectivity index (χ0v) is 15.3. The van der Waals surface area contributed by atoms with Crippen LogP contribution in [-0.2, 0) is 6.18 Å². The summed E-state index contributed by atoms with van der Waals surface area (Å²) >= 11 is 0. The second-order valence-corrected chi connectivity index (χ2v) is 6.61. The van der Waals surface area contributed by atoms with Crippen LogP contribution in [0.25, 0.3) is 5.65 Å². The third kappa shape index (κ3) is 4.08. The zero-order chi connectivity index (χ0) is 20.4. The molecule has 3 aromatic rings. The summed E-state index contributed by atoms with van der Waals surface area (Å²) in [5.74, 6) is -0.777. The van der Waals surface area contributed by atoms with Crippen molar-refractivity contribution < 1.29 is 18.0 Å². The van der Waals surface area contributed by atoms with E-state index in [4.69, 9.17) is 0 Å². The van der Waals surface area contributed by atoms with Crippen molar-refractivity contribution in [2.75, 3.05) is 36.4 Å². The van der Waals surface area contributed by atoms with Gasteiger partial charge in [-0.3, -0.25) is 0 Å². The van der Waals surface area contributed by atoms with Gasteiger partial charge in [0, 0.05) is 31.9 Å². The number of nitrogens with zero attached hydrogens (tertiary/aromatic N) is 6. The van der Waals surface area contributed by atoms with E-state index in [2.05, 4.69) is 20.6 Å². The molecule has 11 heteroatoms. The SMILES string of the molecule is O=C(Nc1ccccc1)N1CCCN(c2ccc3nnc(C(F)(F)F)n3n2)CC1. The molecule has 2 amide bonds. The maximum Gasteiger partial charge on any atom is 0.453 e. The molecule has 152 valence electrons. The van der Waals surface area contributed by atoms with Gasteiger partial charge in [0.05, 0.1) is 0 Å². The number of para-hydroxylation sites is 1. The molecule has 1 aliphatic heterocycles. The first-order valence-corrected chi connectivity index (χ1v) is 9.07. The van der Waals surface area contributed by atoms with Crippen LogP contribution in [-0.4, -0.2) is 56.9 Å². The maximum absolute atomic E-state index is 13.1. The van der Waals surface area contributed by atoms with Crippen molar-refractivity contribution in [2.24, 2.45) is 0 Å². The Bertz CT molecular complexity index is 1010. The van der Waals surface area contributed by atoms with Gasteiger partial charge in [0.1, 0.15) is 5.82 Å². The third-order valence-electron chi connectivity index (χ3n) is 4.63. The van der Waals surface area contributed by atoms with Crippen LogP contribution in [0.1, 0.15) is 12.2 Å². The number of carbonyl (C=O) groups is 1. The van der Waals surface area contributed by atoms with Crippen LogP contribution >= 0.6 is 0 Å². The Kier molecular flexibility index (Phi) is 4.95. The summed E-state index contributed by atoms with van der Waals surface area (Å²) in [4.78, 5) is 16.0.